The molecule has 5 heteroatoms. The number of halogens is 1. The van der Waals surface area contributed by atoms with Gasteiger partial charge in [0.25, 0.3) is 0 Å². The molecule has 1 aromatic heterocycles. The van der Waals surface area contributed by atoms with E-state index in [0.29, 0.717) is 0 Å². The van der Waals surface area contributed by atoms with Crippen LogP contribution in [0.2, 0.25) is 5.02 Å². The maximum atomic E-state index is 6.20. The summed E-state index contributed by atoms with van der Waals surface area (Å²) < 4.78 is 5.05. The van der Waals surface area contributed by atoms with E-state index in [0.717, 1.165) is 27.7 Å². The van der Waals surface area contributed by atoms with Crippen LogP contribution in [0.4, 0.5) is 0 Å². The molecule has 0 bridgehead atoms. The number of aromatic nitrogens is 2. The Morgan fingerprint density at radius 1 is 1.25 bits per heavy atom. The summed E-state index contributed by atoms with van der Waals surface area (Å²) in [4.78, 5) is 1.61. The number of likely N-dealkylation sites (tertiary alicyclic amines) is 1. The van der Waals surface area contributed by atoms with Crippen LogP contribution in [0.5, 0.6) is 0 Å². The van der Waals surface area contributed by atoms with Gasteiger partial charge in [-0.1, -0.05) is 17.7 Å². The molecule has 0 unspecified atom stereocenters. The standard InChI is InChI=1S/C15H18ClN3S/c1-12-13(16)5-4-6-14(12)19-10-9-18(15(19)20)11-17-7-2-3-8-17/h4-6,9-10H,2-3,7-8,11H2,1H3/p+1. The molecule has 0 amide bonds. The lowest BCUT2D eigenvalue weighted by atomic mass is 10.2. The van der Waals surface area contributed by atoms with Crippen molar-refractivity contribution in [3.05, 3.63) is 45.9 Å². The maximum absolute atomic E-state index is 6.20. The van der Waals surface area contributed by atoms with Gasteiger partial charge in [0.2, 0.25) is 0 Å². The molecule has 2 aromatic rings. The molecule has 1 aromatic carbocycles. The molecule has 20 heavy (non-hydrogen) atoms. The van der Waals surface area contributed by atoms with Gasteiger partial charge in [0, 0.05) is 30.3 Å². The van der Waals surface area contributed by atoms with Crippen molar-refractivity contribution in [2.24, 2.45) is 0 Å². The van der Waals surface area contributed by atoms with E-state index < -0.39 is 0 Å². The number of nitrogens with zero attached hydrogens (tertiary/aromatic N) is 2. The van der Waals surface area contributed by atoms with Crippen LogP contribution in [0.1, 0.15) is 18.4 Å². The third kappa shape index (κ3) is 2.55. The first kappa shape index (κ1) is 13.9. The molecule has 1 fully saturated rings. The molecule has 3 nitrogen and oxygen atoms in total. The van der Waals surface area contributed by atoms with Crippen LogP contribution in [0.15, 0.2) is 30.6 Å². The van der Waals surface area contributed by atoms with Gasteiger partial charge in [0.1, 0.15) is 0 Å². The van der Waals surface area contributed by atoms with Crippen LogP contribution in [-0.2, 0) is 6.67 Å². The maximum Gasteiger partial charge on any atom is 0.188 e. The number of imidazole rings is 1. The Labute approximate surface area is 129 Å². The number of rotatable bonds is 3. The Morgan fingerprint density at radius 3 is 2.75 bits per heavy atom. The van der Waals surface area contributed by atoms with Crippen LogP contribution >= 0.6 is 23.8 Å². The molecule has 1 aliphatic rings. The lowest BCUT2D eigenvalue weighted by Crippen LogP contribution is -3.09. The van der Waals surface area contributed by atoms with Crippen molar-refractivity contribution in [2.45, 2.75) is 26.4 Å². The van der Waals surface area contributed by atoms with Gasteiger partial charge in [-0.15, -0.1) is 0 Å². The molecule has 0 aliphatic carbocycles. The smallest absolute Gasteiger partial charge is 0.188 e. The first-order valence-corrected chi connectivity index (χ1v) is 7.82. The van der Waals surface area contributed by atoms with E-state index in [1.807, 2.05) is 29.8 Å². The molecule has 1 saturated heterocycles. The molecule has 2 heterocycles. The molecular weight excluding hydrogens is 290 g/mol. The Bertz CT molecular complexity index is 668. The second kappa shape index (κ2) is 5.72. The number of nitrogens with one attached hydrogen (secondary N) is 1. The van der Waals surface area contributed by atoms with Crippen molar-refractivity contribution < 1.29 is 4.90 Å². The van der Waals surface area contributed by atoms with Crippen LogP contribution in [0.3, 0.4) is 0 Å². The minimum absolute atomic E-state index is 0.780. The van der Waals surface area contributed by atoms with Gasteiger partial charge in [-0.2, -0.15) is 0 Å². The van der Waals surface area contributed by atoms with Gasteiger partial charge in [0.15, 0.2) is 11.4 Å². The van der Waals surface area contributed by atoms with Gasteiger partial charge in [0.05, 0.1) is 18.8 Å². The quantitative estimate of drug-likeness (QED) is 0.861. The van der Waals surface area contributed by atoms with E-state index in [9.17, 15) is 0 Å². The average molecular weight is 309 g/mol. The van der Waals surface area contributed by atoms with Gasteiger partial charge < -0.3 is 4.90 Å². The zero-order chi connectivity index (χ0) is 14.1. The summed E-state index contributed by atoms with van der Waals surface area (Å²) >= 11 is 11.8. The van der Waals surface area contributed by atoms with E-state index in [2.05, 4.69) is 16.8 Å². The van der Waals surface area contributed by atoms with Crippen molar-refractivity contribution >= 4 is 23.8 Å². The molecule has 0 radical (unpaired) electrons. The lowest BCUT2D eigenvalue weighted by molar-refractivity contribution is -0.910. The second-order valence-corrected chi connectivity index (χ2v) is 6.19. The summed E-state index contributed by atoms with van der Waals surface area (Å²) in [5, 5.41) is 0.780. The van der Waals surface area contributed by atoms with E-state index in [4.69, 9.17) is 23.8 Å². The summed E-state index contributed by atoms with van der Waals surface area (Å²) in [6.07, 6.45) is 6.78. The highest BCUT2D eigenvalue weighted by molar-refractivity contribution is 7.71. The summed E-state index contributed by atoms with van der Waals surface area (Å²) in [6.45, 7) is 5.50. The minimum Gasteiger partial charge on any atom is -0.317 e. The van der Waals surface area contributed by atoms with E-state index >= 15 is 0 Å². The topological polar surface area (TPSA) is 14.3 Å². The van der Waals surface area contributed by atoms with Gasteiger partial charge in [-0.3, -0.25) is 9.13 Å². The monoisotopic (exact) mass is 308 g/mol. The first-order chi connectivity index (χ1) is 9.66. The zero-order valence-electron chi connectivity index (χ0n) is 11.6. The van der Waals surface area contributed by atoms with Crippen molar-refractivity contribution in [2.75, 3.05) is 13.1 Å². The highest BCUT2D eigenvalue weighted by Gasteiger charge is 2.16. The van der Waals surface area contributed by atoms with E-state index in [1.165, 1.54) is 25.9 Å². The molecule has 0 spiro atoms. The van der Waals surface area contributed by atoms with Gasteiger partial charge in [-0.05, 0) is 36.8 Å². The van der Waals surface area contributed by atoms with Crippen LogP contribution in [0.25, 0.3) is 5.69 Å². The fourth-order valence-electron chi connectivity index (χ4n) is 2.85. The molecule has 3 rings (SSSR count). The normalized spacial score (nSPS) is 15.9. The SMILES string of the molecule is Cc1c(Cl)cccc1-n1ccn(C[NH+]2CCCC2)c1=S. The van der Waals surface area contributed by atoms with Gasteiger partial charge in [-0.25, -0.2) is 0 Å². The number of hydrogen-bond donors (Lipinski definition) is 1. The molecule has 1 aliphatic heterocycles. The van der Waals surface area contributed by atoms with Crippen molar-refractivity contribution in [1.29, 1.82) is 0 Å². The van der Waals surface area contributed by atoms with Crippen molar-refractivity contribution in [3.63, 3.8) is 0 Å². The predicted octanol–water partition coefficient (Wildman–Crippen LogP) is 2.61. The summed E-state index contributed by atoms with van der Waals surface area (Å²) in [7, 11) is 0. The molecule has 0 atom stereocenters. The fourth-order valence-corrected chi connectivity index (χ4v) is 3.30. The first-order valence-electron chi connectivity index (χ1n) is 7.03. The zero-order valence-corrected chi connectivity index (χ0v) is 13.2. The molecular formula is C15H19ClN3S+. The van der Waals surface area contributed by atoms with Crippen molar-refractivity contribution in [1.82, 2.24) is 9.13 Å². The fraction of sp³-hybridized carbons (Fsp3) is 0.400. The lowest BCUT2D eigenvalue weighted by Gasteiger charge is -2.13. The summed E-state index contributed by atoms with van der Waals surface area (Å²) in [5.41, 5.74) is 2.13. The number of quaternary nitrogens is 1. The van der Waals surface area contributed by atoms with E-state index in [-0.39, 0.29) is 0 Å². The Morgan fingerprint density at radius 2 is 2.00 bits per heavy atom. The highest BCUT2D eigenvalue weighted by atomic mass is 35.5. The van der Waals surface area contributed by atoms with Crippen molar-refractivity contribution in [3.8, 4) is 5.69 Å². The summed E-state index contributed by atoms with van der Waals surface area (Å²) in [6, 6.07) is 5.94. The average Bonchev–Trinajstić information content (AvgIpc) is 3.06. The third-order valence-electron chi connectivity index (χ3n) is 4.05. The number of benzene rings is 1. The minimum atomic E-state index is 0.780. The van der Waals surface area contributed by atoms with Crippen LogP contribution < -0.4 is 4.90 Å². The molecule has 106 valence electrons. The van der Waals surface area contributed by atoms with Gasteiger partial charge >= 0.3 is 0 Å². The Kier molecular flexibility index (Phi) is 3.96. The second-order valence-electron chi connectivity index (χ2n) is 5.42. The third-order valence-corrected chi connectivity index (χ3v) is 4.89. The molecule has 0 saturated carbocycles. The highest BCUT2D eigenvalue weighted by Crippen LogP contribution is 2.22. The van der Waals surface area contributed by atoms with E-state index in [1.54, 1.807) is 4.90 Å². The van der Waals surface area contributed by atoms with Crippen LogP contribution in [-0.4, -0.2) is 22.2 Å². The Hall–Kier alpha value is -1.10. The molecule has 1 N–H and O–H groups in total. The predicted molar refractivity (Wildman–Crippen MR) is 84.3 cm³/mol. The Balaban J connectivity index is 1.93. The summed E-state index contributed by atoms with van der Waals surface area (Å²) in [5.74, 6) is 0. The largest absolute Gasteiger partial charge is 0.317 e. The number of hydrogen-bond acceptors (Lipinski definition) is 1. The van der Waals surface area contributed by atoms with Crippen LogP contribution in [0, 0.1) is 11.7 Å².